The fraction of sp³-hybridized carbons (Fsp3) is 0.619. The zero-order chi connectivity index (χ0) is 19.2. The third kappa shape index (κ3) is 6.42. The molecule has 0 spiro atoms. The molecule has 1 fully saturated rings. The molecule has 2 aromatic heterocycles. The number of rotatable bonds is 7. The van der Waals surface area contributed by atoms with E-state index in [1.54, 1.807) is 6.26 Å². The Hall–Kier alpha value is -1.13. The Morgan fingerprint density at radius 2 is 2.24 bits per heavy atom. The van der Waals surface area contributed by atoms with E-state index < -0.39 is 0 Å². The first-order valence-electron chi connectivity index (χ1n) is 10.4. The number of nitrogens with one attached hydrogen (secondary N) is 1. The molecule has 8 heteroatoms. The second-order valence-corrected chi connectivity index (χ2v) is 8.76. The number of hydrogen-bond donors (Lipinski definition) is 1. The predicted octanol–water partition coefficient (Wildman–Crippen LogP) is 4.03. The van der Waals surface area contributed by atoms with Crippen molar-refractivity contribution in [2.45, 2.75) is 57.6 Å². The van der Waals surface area contributed by atoms with Gasteiger partial charge in [-0.1, -0.05) is 0 Å². The molecule has 29 heavy (non-hydrogen) atoms. The van der Waals surface area contributed by atoms with Gasteiger partial charge in [-0.25, -0.2) is 4.98 Å². The minimum Gasteiger partial charge on any atom is -0.469 e. The summed E-state index contributed by atoms with van der Waals surface area (Å²) in [5.74, 6) is 1.90. The largest absolute Gasteiger partial charge is 0.469 e. The van der Waals surface area contributed by atoms with Crippen LogP contribution in [0.2, 0.25) is 0 Å². The third-order valence-corrected chi connectivity index (χ3v) is 6.47. The van der Waals surface area contributed by atoms with E-state index in [0.717, 1.165) is 57.1 Å². The second kappa shape index (κ2) is 11.3. The molecule has 1 atom stereocenters. The zero-order valence-electron chi connectivity index (χ0n) is 17.1. The third-order valence-electron chi connectivity index (χ3n) is 5.33. The molecule has 1 aliphatic carbocycles. The number of ether oxygens (including phenoxy) is 1. The predicted molar refractivity (Wildman–Crippen MR) is 127 cm³/mol. The molecule has 2 aromatic rings. The monoisotopic (exact) mass is 530 g/mol. The summed E-state index contributed by atoms with van der Waals surface area (Å²) in [5.41, 5.74) is 1.32. The zero-order valence-corrected chi connectivity index (χ0v) is 20.2. The van der Waals surface area contributed by atoms with E-state index in [2.05, 4.69) is 17.3 Å². The highest BCUT2D eigenvalue weighted by atomic mass is 127. The van der Waals surface area contributed by atoms with Crippen LogP contribution in [-0.2, 0) is 30.5 Å². The number of aryl methyl sites for hydroxylation is 2. The van der Waals surface area contributed by atoms with E-state index >= 15 is 0 Å². The van der Waals surface area contributed by atoms with Crippen molar-refractivity contribution in [1.82, 2.24) is 15.2 Å². The highest BCUT2D eigenvalue weighted by Gasteiger charge is 2.18. The van der Waals surface area contributed by atoms with E-state index in [1.165, 1.54) is 34.8 Å². The molecule has 0 saturated carbocycles. The van der Waals surface area contributed by atoms with Crippen LogP contribution in [0.1, 0.15) is 47.0 Å². The minimum atomic E-state index is 0. The number of nitrogens with zero attached hydrogens (tertiary/aromatic N) is 3. The van der Waals surface area contributed by atoms with Gasteiger partial charge in [-0.15, -0.1) is 35.3 Å². The van der Waals surface area contributed by atoms with Crippen LogP contribution in [0.15, 0.2) is 27.8 Å². The molecule has 0 bridgehead atoms. The molecule has 1 unspecified atom stereocenters. The normalized spacial score (nSPS) is 18.9. The SMILES string of the molecule is CN(Cc1nc2c(s1)CCCC2)C(=NCC1CCCO1)NCCc1ccco1.I. The summed E-state index contributed by atoms with van der Waals surface area (Å²) in [4.78, 5) is 13.4. The van der Waals surface area contributed by atoms with Gasteiger partial charge in [0.15, 0.2) is 5.96 Å². The number of halogens is 1. The lowest BCUT2D eigenvalue weighted by Gasteiger charge is -2.22. The van der Waals surface area contributed by atoms with Crippen molar-refractivity contribution >= 4 is 41.3 Å². The fourth-order valence-electron chi connectivity index (χ4n) is 3.79. The number of thiazole rings is 1. The summed E-state index contributed by atoms with van der Waals surface area (Å²) >= 11 is 1.87. The summed E-state index contributed by atoms with van der Waals surface area (Å²) in [6, 6.07) is 3.94. The van der Waals surface area contributed by atoms with Crippen LogP contribution in [0.4, 0.5) is 0 Å². The number of fused-ring (bicyclic) bond motifs is 1. The van der Waals surface area contributed by atoms with Crippen LogP contribution >= 0.6 is 35.3 Å². The van der Waals surface area contributed by atoms with E-state index in [0.29, 0.717) is 6.54 Å². The van der Waals surface area contributed by atoms with Crippen LogP contribution in [0.3, 0.4) is 0 Å². The van der Waals surface area contributed by atoms with Gasteiger partial charge in [-0.3, -0.25) is 4.99 Å². The summed E-state index contributed by atoms with van der Waals surface area (Å²) in [6.07, 6.45) is 9.95. The maximum Gasteiger partial charge on any atom is 0.194 e. The number of aromatic nitrogens is 1. The van der Waals surface area contributed by atoms with Gasteiger partial charge < -0.3 is 19.4 Å². The van der Waals surface area contributed by atoms with Crippen LogP contribution < -0.4 is 5.32 Å². The Bertz CT molecular complexity index is 748. The maximum atomic E-state index is 5.74. The van der Waals surface area contributed by atoms with Crippen molar-refractivity contribution in [3.8, 4) is 0 Å². The summed E-state index contributed by atoms with van der Waals surface area (Å²) < 4.78 is 11.2. The summed E-state index contributed by atoms with van der Waals surface area (Å²) in [6.45, 7) is 3.15. The van der Waals surface area contributed by atoms with Crippen molar-refractivity contribution in [3.63, 3.8) is 0 Å². The molecule has 1 saturated heterocycles. The molecule has 2 aliphatic rings. The molecule has 4 rings (SSSR count). The van der Waals surface area contributed by atoms with Gasteiger partial charge in [0.1, 0.15) is 10.8 Å². The van der Waals surface area contributed by atoms with Crippen LogP contribution in [0.5, 0.6) is 0 Å². The summed E-state index contributed by atoms with van der Waals surface area (Å²) in [7, 11) is 2.09. The quantitative estimate of drug-likeness (QED) is 0.333. The first kappa shape index (κ1) is 22.6. The van der Waals surface area contributed by atoms with Gasteiger partial charge in [-0.2, -0.15) is 0 Å². The van der Waals surface area contributed by atoms with Gasteiger partial charge >= 0.3 is 0 Å². The van der Waals surface area contributed by atoms with Gasteiger partial charge in [0.2, 0.25) is 0 Å². The molecular formula is C21H31IN4O2S. The van der Waals surface area contributed by atoms with E-state index in [9.17, 15) is 0 Å². The highest BCUT2D eigenvalue weighted by Crippen LogP contribution is 2.27. The second-order valence-electron chi connectivity index (χ2n) is 7.60. The van der Waals surface area contributed by atoms with Gasteiger partial charge in [0.05, 0.1) is 31.2 Å². The Morgan fingerprint density at radius 1 is 1.34 bits per heavy atom. The topological polar surface area (TPSA) is 62.9 Å². The first-order valence-corrected chi connectivity index (χ1v) is 11.2. The lowest BCUT2D eigenvalue weighted by Crippen LogP contribution is -2.40. The van der Waals surface area contributed by atoms with Crippen molar-refractivity contribution in [1.29, 1.82) is 0 Å². The maximum absolute atomic E-state index is 5.74. The highest BCUT2D eigenvalue weighted by molar-refractivity contribution is 14.0. The molecule has 1 N–H and O–H groups in total. The minimum absolute atomic E-state index is 0. The molecule has 6 nitrogen and oxygen atoms in total. The Morgan fingerprint density at radius 3 is 3.00 bits per heavy atom. The van der Waals surface area contributed by atoms with E-state index in [-0.39, 0.29) is 30.1 Å². The smallest absolute Gasteiger partial charge is 0.194 e. The number of guanidine groups is 1. The lowest BCUT2D eigenvalue weighted by atomic mass is 10.0. The molecular weight excluding hydrogens is 499 g/mol. The molecule has 160 valence electrons. The Labute approximate surface area is 194 Å². The van der Waals surface area contributed by atoms with Gasteiger partial charge in [0, 0.05) is 31.5 Å². The van der Waals surface area contributed by atoms with E-state index in [4.69, 9.17) is 19.1 Å². The standard InChI is InChI=1S/C21H30N4O2S.HI/c1-25(15-20-24-18-8-2-3-9-19(18)28-20)21(23-14-17-7-5-13-27-17)22-11-10-16-6-4-12-26-16;/h4,6,12,17H,2-3,5,7-11,13-15H2,1H3,(H,22,23);1H. The Kier molecular flexibility index (Phi) is 8.80. The molecule has 0 aromatic carbocycles. The van der Waals surface area contributed by atoms with Crippen LogP contribution in [0.25, 0.3) is 0 Å². The van der Waals surface area contributed by atoms with Crippen LogP contribution in [-0.4, -0.2) is 48.7 Å². The summed E-state index contributed by atoms with van der Waals surface area (Å²) in [5, 5.41) is 4.69. The molecule has 0 radical (unpaired) electrons. The van der Waals surface area contributed by atoms with Crippen molar-refractivity contribution in [2.75, 3.05) is 26.7 Å². The Balaban J connectivity index is 0.00000240. The van der Waals surface area contributed by atoms with E-state index in [1.807, 2.05) is 23.5 Å². The average Bonchev–Trinajstić information content (AvgIpc) is 3.45. The fourth-order valence-corrected chi connectivity index (χ4v) is 5.00. The number of aliphatic imine (C=N–C) groups is 1. The average molecular weight is 530 g/mol. The molecule has 3 heterocycles. The first-order chi connectivity index (χ1) is 13.8. The molecule has 0 amide bonds. The molecule has 1 aliphatic heterocycles. The number of furan rings is 1. The van der Waals surface area contributed by atoms with Crippen molar-refractivity contribution in [3.05, 3.63) is 39.7 Å². The van der Waals surface area contributed by atoms with Crippen molar-refractivity contribution in [2.24, 2.45) is 4.99 Å². The van der Waals surface area contributed by atoms with Crippen LogP contribution in [0, 0.1) is 0 Å². The number of hydrogen-bond acceptors (Lipinski definition) is 5. The van der Waals surface area contributed by atoms with Gasteiger partial charge in [-0.05, 0) is 50.7 Å². The van der Waals surface area contributed by atoms with Crippen molar-refractivity contribution < 1.29 is 9.15 Å². The van der Waals surface area contributed by atoms with Gasteiger partial charge in [0.25, 0.3) is 0 Å². The lowest BCUT2D eigenvalue weighted by molar-refractivity contribution is 0.117.